The minimum atomic E-state index is -1.30. The van der Waals surface area contributed by atoms with Crippen LogP contribution in [0.2, 0.25) is 4.31 Å². The third-order valence-electron chi connectivity index (χ3n) is 4.91. The van der Waals surface area contributed by atoms with Crippen molar-refractivity contribution in [2.24, 2.45) is 0 Å². The van der Waals surface area contributed by atoms with Crippen LogP contribution in [0.1, 0.15) is 39.2 Å². The van der Waals surface area contributed by atoms with Gasteiger partial charge >= 0.3 is 195 Å². The van der Waals surface area contributed by atoms with E-state index in [1.165, 1.54) is 4.90 Å². The Kier molecular flexibility index (Phi) is 7.75. The fourth-order valence-corrected chi connectivity index (χ4v) is 6.25. The van der Waals surface area contributed by atoms with Crippen LogP contribution >= 0.6 is 0 Å². The van der Waals surface area contributed by atoms with Crippen molar-refractivity contribution < 1.29 is 23.9 Å². The van der Waals surface area contributed by atoms with Crippen molar-refractivity contribution in [2.75, 3.05) is 13.1 Å². The normalized spacial score (nSPS) is 18.8. The van der Waals surface area contributed by atoms with E-state index in [0.717, 1.165) is 10.0 Å². The van der Waals surface area contributed by atoms with Crippen LogP contribution in [0.4, 0.5) is 0 Å². The van der Waals surface area contributed by atoms with Crippen molar-refractivity contribution in [2.45, 2.75) is 50.1 Å². The second-order valence-electron chi connectivity index (χ2n) is 8.72. The van der Waals surface area contributed by atoms with E-state index in [4.69, 9.17) is 9.47 Å². The molecule has 1 fully saturated rings. The number of rotatable bonds is 7. The summed E-state index contributed by atoms with van der Waals surface area (Å²) in [5.74, 6) is -1.35. The van der Waals surface area contributed by atoms with Crippen LogP contribution < -0.4 is 4.46 Å². The average molecular weight is 502 g/mol. The molecule has 1 heterocycles. The number of benzene rings is 2. The molecule has 0 radical (unpaired) electrons. The van der Waals surface area contributed by atoms with Gasteiger partial charge in [-0.3, -0.25) is 0 Å². The predicted molar refractivity (Wildman–Crippen MR) is 122 cm³/mol. The number of carbonyl (C=O) groups is 3. The SMILES string of the molecule is CC(C)(C)OC(=O)CN1CCCC([Se]c2ccccc2)(C(=O)OCc2ccccc2)C1=O. The van der Waals surface area contributed by atoms with Gasteiger partial charge in [0.25, 0.3) is 0 Å². The molecule has 1 aliphatic heterocycles. The van der Waals surface area contributed by atoms with Gasteiger partial charge in [-0.1, -0.05) is 0 Å². The number of carbonyl (C=O) groups excluding carboxylic acids is 3. The summed E-state index contributed by atoms with van der Waals surface area (Å²) in [5, 5.41) is 0. The number of piperidine rings is 1. The number of likely N-dealkylation sites (tertiary alicyclic amines) is 1. The predicted octanol–water partition coefficient (Wildman–Crippen LogP) is 2.88. The first kappa shape index (κ1) is 24.0. The zero-order valence-corrected chi connectivity index (χ0v) is 20.4. The summed E-state index contributed by atoms with van der Waals surface area (Å²) < 4.78 is 10.7. The topological polar surface area (TPSA) is 72.9 Å². The van der Waals surface area contributed by atoms with Gasteiger partial charge < -0.3 is 0 Å². The van der Waals surface area contributed by atoms with Crippen LogP contribution in [0, 0.1) is 0 Å². The van der Waals surface area contributed by atoms with Crippen molar-refractivity contribution in [1.82, 2.24) is 4.90 Å². The van der Waals surface area contributed by atoms with Gasteiger partial charge in [0, 0.05) is 0 Å². The third-order valence-corrected chi connectivity index (χ3v) is 7.85. The Morgan fingerprint density at radius 3 is 2.28 bits per heavy atom. The standard InChI is InChI=1S/C25H29NO5Se/c1-24(2,3)31-21(27)17-26-16-10-15-25(22(26)28,32-20-13-8-5-9-14-20)23(29)30-18-19-11-6-4-7-12-19/h4-9,11-14H,10,15-18H2,1-3H3. The van der Waals surface area contributed by atoms with Crippen LogP contribution in [0.5, 0.6) is 0 Å². The Bertz CT molecular complexity index is 942. The molecular weight excluding hydrogens is 473 g/mol. The fourth-order valence-electron chi connectivity index (χ4n) is 3.52. The second kappa shape index (κ2) is 10.3. The van der Waals surface area contributed by atoms with E-state index < -0.39 is 36.8 Å². The Balaban J connectivity index is 1.83. The molecule has 0 aromatic heterocycles. The van der Waals surface area contributed by atoms with Gasteiger partial charge in [0.15, 0.2) is 0 Å². The molecule has 7 heteroatoms. The van der Waals surface area contributed by atoms with Crippen LogP contribution in [-0.4, -0.2) is 56.4 Å². The van der Waals surface area contributed by atoms with Gasteiger partial charge in [-0.05, 0) is 0 Å². The quantitative estimate of drug-likeness (QED) is 0.331. The molecule has 2 aromatic rings. The number of hydrogen-bond acceptors (Lipinski definition) is 5. The molecule has 2 aromatic carbocycles. The molecule has 0 spiro atoms. The van der Waals surface area contributed by atoms with Crippen molar-refractivity contribution in [3.05, 3.63) is 66.2 Å². The first-order valence-electron chi connectivity index (χ1n) is 10.7. The van der Waals surface area contributed by atoms with Crippen molar-refractivity contribution in [3.63, 3.8) is 0 Å². The Morgan fingerprint density at radius 1 is 1.03 bits per heavy atom. The van der Waals surface area contributed by atoms with Crippen LogP contribution in [0.15, 0.2) is 60.7 Å². The van der Waals surface area contributed by atoms with Crippen molar-refractivity contribution >= 4 is 37.3 Å². The molecule has 170 valence electrons. The first-order valence-corrected chi connectivity index (χ1v) is 12.4. The number of nitrogens with zero attached hydrogens (tertiary/aromatic N) is 1. The summed E-state index contributed by atoms with van der Waals surface area (Å²) >= 11 is -0.494. The van der Waals surface area contributed by atoms with Crippen LogP contribution in [0.3, 0.4) is 0 Å². The number of hydrogen-bond donors (Lipinski definition) is 0. The number of ether oxygens (including phenoxy) is 2. The second-order valence-corrected chi connectivity index (χ2v) is 11.6. The van der Waals surface area contributed by atoms with E-state index in [2.05, 4.69) is 0 Å². The molecule has 1 atom stereocenters. The van der Waals surface area contributed by atoms with Crippen LogP contribution in [0.25, 0.3) is 0 Å². The van der Waals surface area contributed by atoms with Crippen molar-refractivity contribution in [1.29, 1.82) is 0 Å². The molecule has 1 amide bonds. The molecule has 32 heavy (non-hydrogen) atoms. The summed E-state index contributed by atoms with van der Waals surface area (Å²) in [6, 6.07) is 18.9. The monoisotopic (exact) mass is 503 g/mol. The molecule has 3 rings (SSSR count). The van der Waals surface area contributed by atoms with Gasteiger partial charge in [0.2, 0.25) is 0 Å². The zero-order chi connectivity index (χ0) is 23.2. The molecular formula is C25H29NO5Se. The van der Waals surface area contributed by atoms with Gasteiger partial charge in [-0.2, -0.15) is 0 Å². The van der Waals surface area contributed by atoms with E-state index in [1.807, 2.05) is 60.7 Å². The van der Waals surface area contributed by atoms with E-state index in [0.29, 0.717) is 19.4 Å². The van der Waals surface area contributed by atoms with E-state index >= 15 is 0 Å². The summed E-state index contributed by atoms with van der Waals surface area (Å²) in [4.78, 5) is 40.9. The molecule has 0 bridgehead atoms. The summed E-state index contributed by atoms with van der Waals surface area (Å²) in [5.41, 5.74) is 0.215. The molecule has 0 N–H and O–H groups in total. The summed E-state index contributed by atoms with van der Waals surface area (Å²) in [6.45, 7) is 5.70. The minimum absolute atomic E-state index is 0.103. The van der Waals surface area contributed by atoms with E-state index in [9.17, 15) is 14.4 Å². The van der Waals surface area contributed by atoms with Gasteiger partial charge in [0.05, 0.1) is 0 Å². The van der Waals surface area contributed by atoms with Crippen molar-refractivity contribution in [3.8, 4) is 0 Å². The molecule has 6 nitrogen and oxygen atoms in total. The molecule has 1 aliphatic rings. The Labute approximate surface area is 195 Å². The van der Waals surface area contributed by atoms with Gasteiger partial charge in [-0.15, -0.1) is 0 Å². The Morgan fingerprint density at radius 2 is 1.66 bits per heavy atom. The molecule has 1 unspecified atom stereocenters. The number of amides is 1. The summed E-state index contributed by atoms with van der Waals surface area (Å²) in [6.07, 6.45) is 1.02. The van der Waals surface area contributed by atoms with Gasteiger partial charge in [0.1, 0.15) is 0 Å². The maximum absolute atomic E-state index is 13.6. The average Bonchev–Trinajstić information content (AvgIpc) is 2.75. The van der Waals surface area contributed by atoms with E-state index in [-0.39, 0.29) is 19.1 Å². The van der Waals surface area contributed by atoms with Crippen LogP contribution in [-0.2, 0) is 30.5 Å². The maximum atomic E-state index is 13.6. The summed E-state index contributed by atoms with van der Waals surface area (Å²) in [7, 11) is 0. The molecule has 1 saturated heterocycles. The molecule has 0 saturated carbocycles. The Hall–Kier alpha value is -2.63. The number of esters is 2. The van der Waals surface area contributed by atoms with Gasteiger partial charge in [-0.25, -0.2) is 0 Å². The van der Waals surface area contributed by atoms with E-state index in [1.54, 1.807) is 20.8 Å². The molecule has 0 aliphatic carbocycles. The third kappa shape index (κ3) is 6.21. The first-order chi connectivity index (χ1) is 15.2. The fraction of sp³-hybridized carbons (Fsp3) is 0.400. The zero-order valence-electron chi connectivity index (χ0n) is 18.7.